The van der Waals surface area contributed by atoms with Crippen LogP contribution in [-0.4, -0.2) is 4.98 Å². The molecular weight excluding hydrogens is 260 g/mol. The number of aryl methyl sites for hydroxylation is 1. The first kappa shape index (κ1) is 13.2. The third kappa shape index (κ3) is 2.87. The summed E-state index contributed by atoms with van der Waals surface area (Å²) in [5.74, 6) is 0. The maximum Gasteiger partial charge on any atom is 0.108 e. The SMILES string of the molecule is Cc1cc(C=Cc2cccc(N=O)c2)nc2ccccc12. The minimum atomic E-state index is 0.430. The van der Waals surface area contributed by atoms with Crippen molar-refractivity contribution in [1.29, 1.82) is 0 Å². The van der Waals surface area contributed by atoms with Gasteiger partial charge in [0.25, 0.3) is 0 Å². The van der Waals surface area contributed by atoms with Gasteiger partial charge < -0.3 is 0 Å². The third-order valence-corrected chi connectivity index (χ3v) is 3.36. The molecule has 3 aromatic rings. The van der Waals surface area contributed by atoms with E-state index in [1.807, 2.05) is 42.5 Å². The summed E-state index contributed by atoms with van der Waals surface area (Å²) in [5, 5.41) is 4.11. The predicted molar refractivity (Wildman–Crippen MR) is 87.3 cm³/mol. The number of hydrogen-bond donors (Lipinski definition) is 0. The minimum Gasteiger partial charge on any atom is -0.248 e. The third-order valence-electron chi connectivity index (χ3n) is 3.36. The number of aromatic nitrogens is 1. The van der Waals surface area contributed by atoms with Gasteiger partial charge >= 0.3 is 0 Å². The summed E-state index contributed by atoms with van der Waals surface area (Å²) < 4.78 is 0. The second-order valence-corrected chi connectivity index (χ2v) is 4.90. The number of hydrogen-bond acceptors (Lipinski definition) is 3. The summed E-state index contributed by atoms with van der Waals surface area (Å²) >= 11 is 0. The van der Waals surface area contributed by atoms with E-state index in [1.165, 1.54) is 10.9 Å². The standard InChI is InChI=1S/C18H14N2O/c1-13-11-15(19-18-8-3-2-7-17(13)18)10-9-14-5-4-6-16(12-14)20-21/h2-12H,1H3. The lowest BCUT2D eigenvalue weighted by Crippen LogP contribution is -1.87. The molecule has 1 aromatic heterocycles. The number of para-hydroxylation sites is 1. The van der Waals surface area contributed by atoms with E-state index >= 15 is 0 Å². The van der Waals surface area contributed by atoms with Crippen LogP contribution in [-0.2, 0) is 0 Å². The van der Waals surface area contributed by atoms with Crippen molar-refractivity contribution < 1.29 is 0 Å². The molecule has 0 aliphatic heterocycles. The average Bonchev–Trinajstić information content (AvgIpc) is 2.53. The lowest BCUT2D eigenvalue weighted by Gasteiger charge is -2.03. The molecule has 0 aliphatic rings. The van der Waals surface area contributed by atoms with Crippen LogP contribution in [0.2, 0.25) is 0 Å². The van der Waals surface area contributed by atoms with Crippen LogP contribution >= 0.6 is 0 Å². The monoisotopic (exact) mass is 274 g/mol. The summed E-state index contributed by atoms with van der Waals surface area (Å²) in [6.07, 6.45) is 3.88. The van der Waals surface area contributed by atoms with Gasteiger partial charge in [0.2, 0.25) is 0 Å². The van der Waals surface area contributed by atoms with Crippen LogP contribution in [0.1, 0.15) is 16.8 Å². The van der Waals surface area contributed by atoms with Crippen molar-refractivity contribution in [3.63, 3.8) is 0 Å². The fourth-order valence-corrected chi connectivity index (χ4v) is 2.33. The van der Waals surface area contributed by atoms with Crippen LogP contribution in [0.4, 0.5) is 5.69 Å². The first-order valence-electron chi connectivity index (χ1n) is 6.74. The highest BCUT2D eigenvalue weighted by Crippen LogP contribution is 2.19. The Bertz CT molecular complexity index is 837. The molecule has 0 amide bonds. The van der Waals surface area contributed by atoms with Crippen LogP contribution < -0.4 is 0 Å². The Morgan fingerprint density at radius 1 is 1.00 bits per heavy atom. The molecule has 0 N–H and O–H groups in total. The van der Waals surface area contributed by atoms with Gasteiger partial charge in [-0.05, 0) is 53.6 Å². The molecule has 102 valence electrons. The molecule has 0 radical (unpaired) electrons. The van der Waals surface area contributed by atoms with E-state index in [1.54, 1.807) is 12.1 Å². The van der Waals surface area contributed by atoms with Crippen molar-refractivity contribution in [3.05, 3.63) is 76.3 Å². The van der Waals surface area contributed by atoms with Crippen molar-refractivity contribution in [2.75, 3.05) is 0 Å². The van der Waals surface area contributed by atoms with E-state index in [9.17, 15) is 4.91 Å². The molecule has 0 atom stereocenters. The molecule has 0 unspecified atom stereocenters. The Balaban J connectivity index is 1.97. The molecule has 0 spiro atoms. The molecule has 2 aromatic carbocycles. The Morgan fingerprint density at radius 3 is 2.71 bits per heavy atom. The van der Waals surface area contributed by atoms with Crippen LogP contribution in [0.5, 0.6) is 0 Å². The number of pyridine rings is 1. The highest BCUT2D eigenvalue weighted by molar-refractivity contribution is 5.84. The van der Waals surface area contributed by atoms with Crippen molar-refractivity contribution in [1.82, 2.24) is 4.98 Å². The van der Waals surface area contributed by atoms with E-state index in [0.717, 1.165) is 16.8 Å². The van der Waals surface area contributed by atoms with Crippen LogP contribution in [0.15, 0.2) is 59.8 Å². The number of fused-ring (bicyclic) bond motifs is 1. The van der Waals surface area contributed by atoms with Crippen molar-refractivity contribution in [3.8, 4) is 0 Å². The van der Waals surface area contributed by atoms with Gasteiger partial charge in [0, 0.05) is 5.39 Å². The molecule has 0 bridgehead atoms. The molecule has 0 aliphatic carbocycles. The van der Waals surface area contributed by atoms with Gasteiger partial charge in [-0.1, -0.05) is 36.4 Å². The Labute approximate surface area is 122 Å². The fraction of sp³-hybridized carbons (Fsp3) is 0.0556. The molecule has 3 nitrogen and oxygen atoms in total. The Hall–Kier alpha value is -2.81. The molecule has 1 heterocycles. The van der Waals surface area contributed by atoms with Gasteiger partial charge in [-0.2, -0.15) is 0 Å². The highest BCUT2D eigenvalue weighted by Gasteiger charge is 2.00. The lowest BCUT2D eigenvalue weighted by molar-refractivity contribution is 1.34. The number of benzene rings is 2. The molecular formula is C18H14N2O. The Morgan fingerprint density at radius 2 is 1.86 bits per heavy atom. The largest absolute Gasteiger partial charge is 0.248 e. The van der Waals surface area contributed by atoms with Crippen LogP contribution in [0.25, 0.3) is 23.1 Å². The fourth-order valence-electron chi connectivity index (χ4n) is 2.33. The average molecular weight is 274 g/mol. The van der Waals surface area contributed by atoms with Crippen molar-refractivity contribution in [2.45, 2.75) is 6.92 Å². The van der Waals surface area contributed by atoms with Crippen LogP contribution in [0, 0.1) is 11.8 Å². The summed E-state index contributed by atoms with van der Waals surface area (Å²) in [5.41, 5.74) is 4.44. The molecule has 0 fully saturated rings. The van der Waals surface area contributed by atoms with Gasteiger partial charge in [-0.15, -0.1) is 4.91 Å². The number of nitrogens with zero attached hydrogens (tertiary/aromatic N) is 2. The number of nitroso groups, excluding NO2 is 1. The Kier molecular flexibility index (Phi) is 3.56. The van der Waals surface area contributed by atoms with Gasteiger partial charge in [0.05, 0.1) is 11.2 Å². The second kappa shape index (κ2) is 5.67. The van der Waals surface area contributed by atoms with Gasteiger partial charge in [0.1, 0.15) is 5.69 Å². The van der Waals surface area contributed by atoms with Crippen molar-refractivity contribution in [2.24, 2.45) is 5.18 Å². The zero-order valence-electron chi connectivity index (χ0n) is 11.7. The molecule has 0 saturated carbocycles. The van der Waals surface area contributed by atoms with E-state index < -0.39 is 0 Å². The zero-order valence-corrected chi connectivity index (χ0v) is 11.7. The smallest absolute Gasteiger partial charge is 0.108 e. The second-order valence-electron chi connectivity index (χ2n) is 4.90. The maximum absolute atomic E-state index is 10.5. The highest BCUT2D eigenvalue weighted by atomic mass is 16.3. The summed E-state index contributed by atoms with van der Waals surface area (Å²) in [4.78, 5) is 15.2. The van der Waals surface area contributed by atoms with Crippen molar-refractivity contribution >= 4 is 28.7 Å². The summed E-state index contributed by atoms with van der Waals surface area (Å²) in [6, 6.07) is 17.3. The predicted octanol–water partition coefficient (Wildman–Crippen LogP) is 5.11. The summed E-state index contributed by atoms with van der Waals surface area (Å²) in [6.45, 7) is 2.08. The number of rotatable bonds is 3. The van der Waals surface area contributed by atoms with E-state index in [2.05, 4.69) is 29.2 Å². The van der Waals surface area contributed by atoms with E-state index in [-0.39, 0.29) is 0 Å². The molecule has 3 heteroatoms. The minimum absolute atomic E-state index is 0.430. The lowest BCUT2D eigenvalue weighted by atomic mass is 10.1. The quantitative estimate of drug-likeness (QED) is 0.623. The molecule has 0 saturated heterocycles. The normalized spacial score (nSPS) is 11.1. The molecule has 3 rings (SSSR count). The van der Waals surface area contributed by atoms with Gasteiger partial charge in [0.15, 0.2) is 0 Å². The first-order chi connectivity index (χ1) is 10.3. The first-order valence-corrected chi connectivity index (χ1v) is 6.74. The van der Waals surface area contributed by atoms with Gasteiger partial charge in [-0.3, -0.25) is 0 Å². The van der Waals surface area contributed by atoms with E-state index in [0.29, 0.717) is 5.69 Å². The zero-order chi connectivity index (χ0) is 14.7. The van der Waals surface area contributed by atoms with E-state index in [4.69, 9.17) is 0 Å². The topological polar surface area (TPSA) is 42.3 Å². The summed E-state index contributed by atoms with van der Waals surface area (Å²) in [7, 11) is 0. The van der Waals surface area contributed by atoms with Crippen LogP contribution in [0.3, 0.4) is 0 Å². The maximum atomic E-state index is 10.5. The van der Waals surface area contributed by atoms with Gasteiger partial charge in [-0.25, -0.2) is 4.98 Å². The molecule has 21 heavy (non-hydrogen) atoms.